The molecule has 0 aromatic carbocycles. The van der Waals surface area contributed by atoms with E-state index in [-0.39, 0.29) is 17.3 Å². The molecule has 1 amide bonds. The van der Waals surface area contributed by atoms with Crippen LogP contribution in [0.3, 0.4) is 0 Å². The Morgan fingerprint density at radius 3 is 3.00 bits per heavy atom. The molecule has 1 aliphatic heterocycles. The molecule has 1 fully saturated rings. The van der Waals surface area contributed by atoms with Crippen molar-refractivity contribution in [1.29, 1.82) is 0 Å². The van der Waals surface area contributed by atoms with Crippen LogP contribution in [0.5, 0.6) is 0 Å². The molecule has 0 atom stereocenters. The first-order chi connectivity index (χ1) is 9.04. The highest BCUT2D eigenvalue weighted by Crippen LogP contribution is 2.18. The van der Waals surface area contributed by atoms with Crippen LogP contribution in [0.1, 0.15) is 6.42 Å². The second-order valence-corrected chi connectivity index (χ2v) is 6.11. The third kappa shape index (κ3) is 3.02. The largest absolute Gasteiger partial charge is 0.373 e. The van der Waals surface area contributed by atoms with E-state index in [1.54, 1.807) is 7.05 Å². The zero-order valence-corrected chi connectivity index (χ0v) is 11.4. The molecule has 2 heterocycles. The summed E-state index contributed by atoms with van der Waals surface area (Å²) in [7, 11) is -1.99. The lowest BCUT2D eigenvalue weighted by atomic mass is 10.4. The van der Waals surface area contributed by atoms with Crippen molar-refractivity contribution < 1.29 is 13.2 Å². The van der Waals surface area contributed by atoms with Crippen molar-refractivity contribution in [1.82, 2.24) is 14.6 Å². The molecule has 0 radical (unpaired) electrons. The maximum atomic E-state index is 12.4. The monoisotopic (exact) mass is 284 g/mol. The van der Waals surface area contributed by atoms with Crippen molar-refractivity contribution in [3.8, 4) is 0 Å². The van der Waals surface area contributed by atoms with Gasteiger partial charge in [0.1, 0.15) is 5.82 Å². The van der Waals surface area contributed by atoms with E-state index in [0.29, 0.717) is 25.3 Å². The van der Waals surface area contributed by atoms with Crippen LogP contribution in [-0.2, 0) is 14.8 Å². The lowest BCUT2D eigenvalue weighted by molar-refractivity contribution is -0.120. The van der Waals surface area contributed by atoms with Crippen molar-refractivity contribution in [2.75, 3.05) is 32.0 Å². The van der Waals surface area contributed by atoms with Crippen LogP contribution < -0.4 is 10.6 Å². The van der Waals surface area contributed by atoms with Crippen molar-refractivity contribution in [2.24, 2.45) is 0 Å². The van der Waals surface area contributed by atoms with Gasteiger partial charge in [-0.25, -0.2) is 13.4 Å². The topological polar surface area (TPSA) is 91.4 Å². The number of amides is 1. The van der Waals surface area contributed by atoms with Crippen LogP contribution in [0.4, 0.5) is 5.82 Å². The Hall–Kier alpha value is -1.67. The summed E-state index contributed by atoms with van der Waals surface area (Å²) in [5.41, 5.74) is 0. The van der Waals surface area contributed by atoms with E-state index < -0.39 is 10.0 Å². The SMILES string of the molecule is CNc1cc(S(=O)(=O)N2CCCNC(=O)C2)ccn1. The van der Waals surface area contributed by atoms with Crippen molar-refractivity contribution in [3.63, 3.8) is 0 Å². The van der Waals surface area contributed by atoms with E-state index in [1.165, 1.54) is 22.6 Å². The molecule has 0 aliphatic carbocycles. The summed E-state index contributed by atoms with van der Waals surface area (Å²) < 4.78 is 26.1. The van der Waals surface area contributed by atoms with Gasteiger partial charge in [0, 0.05) is 32.4 Å². The van der Waals surface area contributed by atoms with Crippen molar-refractivity contribution in [3.05, 3.63) is 18.3 Å². The highest BCUT2D eigenvalue weighted by Gasteiger charge is 2.28. The van der Waals surface area contributed by atoms with Crippen molar-refractivity contribution >= 4 is 21.7 Å². The Bertz CT molecular complexity index is 573. The number of nitrogens with zero attached hydrogens (tertiary/aromatic N) is 2. The van der Waals surface area contributed by atoms with Crippen molar-refractivity contribution in [2.45, 2.75) is 11.3 Å². The van der Waals surface area contributed by atoms with E-state index in [9.17, 15) is 13.2 Å². The van der Waals surface area contributed by atoms with Gasteiger partial charge < -0.3 is 10.6 Å². The number of aromatic nitrogens is 1. The van der Waals surface area contributed by atoms with E-state index in [2.05, 4.69) is 15.6 Å². The lowest BCUT2D eigenvalue weighted by Gasteiger charge is -2.18. The molecule has 1 aliphatic rings. The van der Waals surface area contributed by atoms with Crippen LogP contribution in [0.15, 0.2) is 23.2 Å². The number of carbonyl (C=O) groups excluding carboxylic acids is 1. The predicted molar refractivity (Wildman–Crippen MR) is 70.2 cm³/mol. The van der Waals surface area contributed by atoms with E-state index in [4.69, 9.17) is 0 Å². The first-order valence-electron chi connectivity index (χ1n) is 5.94. The molecule has 0 bridgehead atoms. The fourth-order valence-electron chi connectivity index (χ4n) is 1.84. The minimum absolute atomic E-state index is 0.139. The zero-order chi connectivity index (χ0) is 13.9. The summed E-state index contributed by atoms with van der Waals surface area (Å²) in [6.07, 6.45) is 2.03. The third-order valence-corrected chi connectivity index (χ3v) is 4.69. The van der Waals surface area contributed by atoms with Crippen LogP contribution in [-0.4, -0.2) is 50.3 Å². The Morgan fingerprint density at radius 2 is 2.26 bits per heavy atom. The highest BCUT2D eigenvalue weighted by molar-refractivity contribution is 7.89. The standard InChI is InChI=1S/C11H16N4O3S/c1-12-10-7-9(3-5-13-10)19(17,18)15-6-2-4-14-11(16)8-15/h3,5,7H,2,4,6,8H2,1H3,(H,12,13)(H,14,16). The summed E-state index contributed by atoms with van der Waals surface area (Å²) in [5.74, 6) is 0.198. The molecule has 7 nitrogen and oxygen atoms in total. The maximum Gasteiger partial charge on any atom is 0.243 e. The molecule has 0 spiro atoms. The summed E-state index contributed by atoms with van der Waals surface area (Å²) >= 11 is 0. The lowest BCUT2D eigenvalue weighted by Crippen LogP contribution is -2.37. The van der Waals surface area contributed by atoms with E-state index in [0.717, 1.165) is 0 Å². The van der Waals surface area contributed by atoms with Gasteiger partial charge in [0.25, 0.3) is 0 Å². The Morgan fingerprint density at radius 1 is 1.47 bits per heavy atom. The summed E-state index contributed by atoms with van der Waals surface area (Å²) in [5, 5.41) is 5.44. The molecule has 104 valence electrons. The first kappa shape index (κ1) is 13.8. The molecule has 1 aromatic rings. The molecule has 19 heavy (non-hydrogen) atoms. The molecule has 8 heteroatoms. The smallest absolute Gasteiger partial charge is 0.243 e. The van der Waals surface area contributed by atoms with Crippen LogP contribution in [0, 0.1) is 0 Å². The second kappa shape index (κ2) is 5.54. The molecule has 2 rings (SSSR count). The van der Waals surface area contributed by atoms with Gasteiger partial charge in [-0.2, -0.15) is 4.31 Å². The number of hydrogen-bond acceptors (Lipinski definition) is 5. The quantitative estimate of drug-likeness (QED) is 0.790. The van der Waals surface area contributed by atoms with Crippen LogP contribution in [0.2, 0.25) is 0 Å². The molecule has 0 unspecified atom stereocenters. The number of hydrogen-bond donors (Lipinski definition) is 2. The fourth-order valence-corrected chi connectivity index (χ4v) is 3.29. The maximum absolute atomic E-state index is 12.4. The molecule has 2 N–H and O–H groups in total. The van der Waals surface area contributed by atoms with Gasteiger partial charge >= 0.3 is 0 Å². The number of carbonyl (C=O) groups is 1. The van der Waals surface area contributed by atoms with E-state index >= 15 is 0 Å². The van der Waals surface area contributed by atoms with Gasteiger partial charge in [-0.05, 0) is 12.5 Å². The minimum Gasteiger partial charge on any atom is -0.373 e. The molecule has 1 saturated heterocycles. The average Bonchev–Trinajstić information content (AvgIpc) is 2.64. The van der Waals surface area contributed by atoms with Gasteiger partial charge in [-0.3, -0.25) is 4.79 Å². The fraction of sp³-hybridized carbons (Fsp3) is 0.455. The summed E-state index contributed by atoms with van der Waals surface area (Å²) in [6, 6.07) is 2.89. The number of pyridine rings is 1. The molecule has 0 saturated carbocycles. The van der Waals surface area contributed by atoms with E-state index in [1.807, 2.05) is 0 Å². The Kier molecular flexibility index (Phi) is 4.01. The normalized spacial score (nSPS) is 17.6. The third-order valence-electron chi connectivity index (χ3n) is 2.85. The van der Waals surface area contributed by atoms with Crippen LogP contribution >= 0.6 is 0 Å². The number of anilines is 1. The molecular formula is C11H16N4O3S. The van der Waals surface area contributed by atoms with Gasteiger partial charge in [0.2, 0.25) is 15.9 Å². The minimum atomic E-state index is -3.66. The Labute approximate surface area is 112 Å². The van der Waals surface area contributed by atoms with Gasteiger partial charge in [-0.15, -0.1) is 0 Å². The number of rotatable bonds is 3. The Balaban J connectivity index is 2.32. The van der Waals surface area contributed by atoms with Gasteiger partial charge in [0.05, 0.1) is 11.4 Å². The van der Waals surface area contributed by atoms with Gasteiger partial charge in [0.15, 0.2) is 0 Å². The molecule has 1 aromatic heterocycles. The summed E-state index contributed by atoms with van der Waals surface area (Å²) in [4.78, 5) is 15.6. The summed E-state index contributed by atoms with van der Waals surface area (Å²) in [6.45, 7) is 0.695. The number of sulfonamides is 1. The second-order valence-electron chi connectivity index (χ2n) is 4.17. The molecular weight excluding hydrogens is 268 g/mol. The van der Waals surface area contributed by atoms with Crippen LogP contribution in [0.25, 0.3) is 0 Å². The van der Waals surface area contributed by atoms with Gasteiger partial charge in [-0.1, -0.05) is 0 Å². The first-order valence-corrected chi connectivity index (χ1v) is 7.38. The predicted octanol–water partition coefficient (Wildman–Crippen LogP) is -0.366. The number of nitrogens with one attached hydrogen (secondary N) is 2. The zero-order valence-electron chi connectivity index (χ0n) is 10.6. The highest BCUT2D eigenvalue weighted by atomic mass is 32.2. The average molecular weight is 284 g/mol.